The number of anilines is 1. The molecule has 0 bridgehead atoms. The second-order valence-corrected chi connectivity index (χ2v) is 4.47. The number of hydrogen-bond acceptors (Lipinski definition) is 3. The molecule has 0 saturated carbocycles. The molecule has 80 valence electrons. The topological polar surface area (TPSA) is 74.9 Å². The van der Waals surface area contributed by atoms with E-state index >= 15 is 0 Å². The number of rotatable bonds is 1. The molecule has 0 saturated heterocycles. The lowest BCUT2D eigenvalue weighted by atomic mass is 10.1. The predicted octanol–water partition coefficient (Wildman–Crippen LogP) is 2.03. The minimum absolute atomic E-state index is 0.478. The van der Waals surface area contributed by atoms with Crippen molar-refractivity contribution >= 4 is 28.3 Å². The van der Waals surface area contributed by atoms with Gasteiger partial charge in [-0.25, -0.2) is 4.98 Å². The van der Waals surface area contributed by atoms with Crippen LogP contribution in [-0.2, 0) is 5.60 Å². The predicted molar refractivity (Wildman–Crippen MR) is 60.8 cm³/mol. The normalized spacial score (nSPS) is 12.3. The van der Waals surface area contributed by atoms with Crippen LogP contribution in [0.5, 0.6) is 0 Å². The lowest BCUT2D eigenvalue weighted by Gasteiger charge is -2.12. The summed E-state index contributed by atoms with van der Waals surface area (Å²) in [6.07, 6.45) is 0. The lowest BCUT2D eigenvalue weighted by Crippen LogP contribution is -2.17. The molecule has 0 radical (unpaired) electrons. The number of fused-ring (bicyclic) bond motifs is 1. The van der Waals surface area contributed by atoms with Crippen molar-refractivity contribution in [3.63, 3.8) is 0 Å². The third-order valence-corrected chi connectivity index (χ3v) is 2.38. The summed E-state index contributed by atoms with van der Waals surface area (Å²) in [5.74, 6) is 0.478. The van der Waals surface area contributed by atoms with Crippen LogP contribution in [0.1, 0.15) is 19.7 Å². The first kappa shape index (κ1) is 10.3. The first-order valence-electron chi connectivity index (χ1n) is 4.55. The molecule has 0 spiro atoms. The van der Waals surface area contributed by atoms with Gasteiger partial charge in [0.15, 0.2) is 0 Å². The number of nitrogens with two attached hydrogens (primary N) is 1. The van der Waals surface area contributed by atoms with Gasteiger partial charge in [0.25, 0.3) is 0 Å². The molecule has 1 aromatic heterocycles. The molecular formula is C10H12ClN3O. The number of hydrogen-bond donors (Lipinski definition) is 3. The van der Waals surface area contributed by atoms with Crippen LogP contribution in [0.25, 0.3) is 11.0 Å². The highest BCUT2D eigenvalue weighted by Gasteiger charge is 2.21. The van der Waals surface area contributed by atoms with Crippen LogP contribution in [0.4, 0.5) is 5.69 Å². The third kappa shape index (κ3) is 1.78. The molecule has 1 heterocycles. The van der Waals surface area contributed by atoms with Crippen LogP contribution in [0.3, 0.4) is 0 Å². The van der Waals surface area contributed by atoms with Crippen molar-refractivity contribution in [2.45, 2.75) is 19.4 Å². The SMILES string of the molecule is CC(C)(O)c1nc2c(N)cc(Cl)cc2[nH]1. The molecule has 1 aromatic carbocycles. The largest absolute Gasteiger partial charge is 0.397 e. The second kappa shape index (κ2) is 3.12. The summed E-state index contributed by atoms with van der Waals surface area (Å²) in [5, 5.41) is 10.3. The molecule has 2 aromatic rings. The standard InChI is InChI=1S/C10H12ClN3O/c1-10(2,15)9-13-7-4-5(11)3-6(12)8(7)14-9/h3-4,15H,12H2,1-2H3,(H,13,14). The van der Waals surface area contributed by atoms with Gasteiger partial charge >= 0.3 is 0 Å². The number of nitrogens with zero attached hydrogens (tertiary/aromatic N) is 1. The van der Waals surface area contributed by atoms with E-state index in [1.807, 2.05) is 0 Å². The van der Waals surface area contributed by atoms with Gasteiger partial charge in [-0.2, -0.15) is 0 Å². The van der Waals surface area contributed by atoms with Crippen molar-refractivity contribution in [2.24, 2.45) is 0 Å². The first-order valence-corrected chi connectivity index (χ1v) is 4.93. The highest BCUT2D eigenvalue weighted by molar-refractivity contribution is 6.31. The van der Waals surface area contributed by atoms with Crippen molar-refractivity contribution < 1.29 is 5.11 Å². The zero-order chi connectivity index (χ0) is 11.2. The van der Waals surface area contributed by atoms with Gasteiger partial charge in [0.1, 0.15) is 16.9 Å². The maximum Gasteiger partial charge on any atom is 0.138 e. The van der Waals surface area contributed by atoms with Gasteiger partial charge in [0, 0.05) is 5.02 Å². The Balaban J connectivity index is 2.71. The van der Waals surface area contributed by atoms with E-state index < -0.39 is 5.60 Å². The lowest BCUT2D eigenvalue weighted by molar-refractivity contribution is 0.0700. The number of benzene rings is 1. The average molecular weight is 226 g/mol. The van der Waals surface area contributed by atoms with Crippen LogP contribution >= 0.6 is 11.6 Å². The molecule has 15 heavy (non-hydrogen) atoms. The van der Waals surface area contributed by atoms with E-state index in [1.165, 1.54) is 0 Å². The van der Waals surface area contributed by atoms with Crippen LogP contribution in [0.15, 0.2) is 12.1 Å². The summed E-state index contributed by atoms with van der Waals surface area (Å²) in [7, 11) is 0. The summed E-state index contributed by atoms with van der Waals surface area (Å²) in [4.78, 5) is 7.23. The van der Waals surface area contributed by atoms with E-state index in [1.54, 1.807) is 26.0 Å². The van der Waals surface area contributed by atoms with Crippen molar-refractivity contribution in [3.8, 4) is 0 Å². The molecule has 4 nitrogen and oxygen atoms in total. The fourth-order valence-corrected chi connectivity index (χ4v) is 1.62. The Hall–Kier alpha value is -1.26. The Bertz CT molecular complexity index is 513. The fraction of sp³-hybridized carbons (Fsp3) is 0.300. The Morgan fingerprint density at radius 2 is 2.13 bits per heavy atom. The highest BCUT2D eigenvalue weighted by atomic mass is 35.5. The molecule has 0 amide bonds. The van der Waals surface area contributed by atoms with Gasteiger partial charge in [0.2, 0.25) is 0 Å². The summed E-state index contributed by atoms with van der Waals surface area (Å²) in [6.45, 7) is 3.31. The number of aromatic amines is 1. The third-order valence-electron chi connectivity index (χ3n) is 2.16. The van der Waals surface area contributed by atoms with Gasteiger partial charge in [-0.05, 0) is 26.0 Å². The number of aliphatic hydroxyl groups is 1. The van der Waals surface area contributed by atoms with Gasteiger partial charge in [0.05, 0.1) is 11.2 Å². The minimum atomic E-state index is -1.02. The number of aromatic nitrogens is 2. The van der Waals surface area contributed by atoms with E-state index in [0.717, 1.165) is 5.52 Å². The maximum atomic E-state index is 9.78. The van der Waals surface area contributed by atoms with Crippen molar-refractivity contribution in [3.05, 3.63) is 23.0 Å². The van der Waals surface area contributed by atoms with E-state index in [4.69, 9.17) is 17.3 Å². The van der Waals surface area contributed by atoms with E-state index in [9.17, 15) is 5.11 Å². The summed E-state index contributed by atoms with van der Waals surface area (Å²) < 4.78 is 0. The van der Waals surface area contributed by atoms with E-state index in [-0.39, 0.29) is 0 Å². The van der Waals surface area contributed by atoms with E-state index in [2.05, 4.69) is 9.97 Å². The van der Waals surface area contributed by atoms with Gasteiger partial charge in [-0.3, -0.25) is 0 Å². The Morgan fingerprint density at radius 1 is 1.47 bits per heavy atom. The number of imidazole rings is 1. The van der Waals surface area contributed by atoms with Crippen LogP contribution in [0, 0.1) is 0 Å². The van der Waals surface area contributed by atoms with Crippen molar-refractivity contribution in [1.29, 1.82) is 0 Å². The van der Waals surface area contributed by atoms with Gasteiger partial charge in [-0.1, -0.05) is 11.6 Å². The average Bonchev–Trinajstić information content (AvgIpc) is 2.46. The minimum Gasteiger partial charge on any atom is -0.397 e. The Kier molecular flexibility index (Phi) is 2.13. The molecule has 0 aliphatic rings. The Labute approximate surface area is 92.1 Å². The Morgan fingerprint density at radius 3 is 2.73 bits per heavy atom. The molecule has 0 aliphatic carbocycles. The van der Waals surface area contributed by atoms with Crippen LogP contribution < -0.4 is 5.73 Å². The zero-order valence-corrected chi connectivity index (χ0v) is 9.26. The smallest absolute Gasteiger partial charge is 0.138 e. The molecule has 0 atom stereocenters. The molecule has 2 rings (SSSR count). The number of H-pyrrole nitrogens is 1. The number of nitrogen functional groups attached to an aromatic ring is 1. The molecule has 0 aliphatic heterocycles. The molecule has 5 heteroatoms. The van der Waals surface area contributed by atoms with E-state index in [0.29, 0.717) is 22.1 Å². The number of nitrogens with one attached hydrogen (secondary N) is 1. The first-order chi connectivity index (χ1) is 6.88. The number of halogens is 1. The van der Waals surface area contributed by atoms with Crippen LogP contribution in [-0.4, -0.2) is 15.1 Å². The fourth-order valence-electron chi connectivity index (χ4n) is 1.40. The zero-order valence-electron chi connectivity index (χ0n) is 8.50. The molecular weight excluding hydrogens is 214 g/mol. The second-order valence-electron chi connectivity index (χ2n) is 4.04. The summed E-state index contributed by atoms with van der Waals surface area (Å²) in [6, 6.07) is 3.37. The van der Waals surface area contributed by atoms with Crippen LogP contribution in [0.2, 0.25) is 5.02 Å². The van der Waals surface area contributed by atoms with Gasteiger partial charge < -0.3 is 15.8 Å². The molecule has 0 unspecified atom stereocenters. The van der Waals surface area contributed by atoms with Crippen molar-refractivity contribution in [2.75, 3.05) is 5.73 Å². The summed E-state index contributed by atoms with van der Waals surface area (Å²) >= 11 is 5.86. The maximum absolute atomic E-state index is 9.78. The molecule has 4 N–H and O–H groups in total. The van der Waals surface area contributed by atoms with Crippen molar-refractivity contribution in [1.82, 2.24) is 9.97 Å². The summed E-state index contributed by atoms with van der Waals surface area (Å²) in [5.41, 5.74) is 6.62. The quantitative estimate of drug-likeness (QED) is 0.650. The molecule has 0 fully saturated rings. The van der Waals surface area contributed by atoms with Gasteiger partial charge in [-0.15, -0.1) is 0 Å². The highest BCUT2D eigenvalue weighted by Crippen LogP contribution is 2.27. The monoisotopic (exact) mass is 225 g/mol.